The molecule has 2 saturated heterocycles. The summed E-state index contributed by atoms with van der Waals surface area (Å²) in [5.74, 6) is 0.338. The van der Waals surface area contributed by atoms with Crippen LogP contribution in [-0.4, -0.2) is 61.5 Å². The zero-order valence-electron chi connectivity index (χ0n) is 10.2. The summed E-state index contributed by atoms with van der Waals surface area (Å²) in [5, 5.41) is 3.24. The van der Waals surface area contributed by atoms with Gasteiger partial charge in [-0.1, -0.05) is 0 Å². The number of hydrogen-bond acceptors (Lipinski definition) is 3. The highest BCUT2D eigenvalue weighted by molar-refractivity contribution is 5.76. The molecule has 0 aromatic heterocycles. The molecule has 16 heavy (non-hydrogen) atoms. The van der Waals surface area contributed by atoms with E-state index in [0.717, 1.165) is 26.1 Å². The van der Waals surface area contributed by atoms with Gasteiger partial charge in [0.25, 0.3) is 0 Å². The van der Waals surface area contributed by atoms with Crippen LogP contribution in [0.1, 0.15) is 25.7 Å². The number of rotatable bonds is 4. The first-order valence-corrected chi connectivity index (χ1v) is 6.47. The van der Waals surface area contributed by atoms with Gasteiger partial charge in [0.15, 0.2) is 0 Å². The summed E-state index contributed by atoms with van der Waals surface area (Å²) < 4.78 is 0. The Bertz CT molecular complexity index is 238. The van der Waals surface area contributed by atoms with E-state index in [9.17, 15) is 4.79 Å². The molecule has 1 atom stereocenters. The lowest BCUT2D eigenvalue weighted by Gasteiger charge is -2.19. The summed E-state index contributed by atoms with van der Waals surface area (Å²) in [7, 11) is 1.98. The molecule has 92 valence electrons. The van der Waals surface area contributed by atoms with Crippen LogP contribution in [0.25, 0.3) is 0 Å². The van der Waals surface area contributed by atoms with Crippen LogP contribution in [0.3, 0.4) is 0 Å². The predicted octanol–water partition coefficient (Wildman–Crippen LogP) is 0.293. The molecular weight excluding hydrogens is 202 g/mol. The lowest BCUT2D eigenvalue weighted by molar-refractivity contribution is -0.130. The molecule has 2 heterocycles. The number of amides is 1. The number of nitrogens with one attached hydrogen (secondary N) is 1. The van der Waals surface area contributed by atoms with Crippen LogP contribution in [0.2, 0.25) is 0 Å². The van der Waals surface area contributed by atoms with Crippen LogP contribution >= 0.6 is 0 Å². The van der Waals surface area contributed by atoms with E-state index in [4.69, 9.17) is 0 Å². The van der Waals surface area contributed by atoms with Gasteiger partial charge in [0.05, 0.1) is 0 Å². The van der Waals surface area contributed by atoms with Crippen molar-refractivity contribution in [2.45, 2.75) is 31.7 Å². The average molecular weight is 225 g/mol. The van der Waals surface area contributed by atoms with Crippen LogP contribution in [-0.2, 0) is 4.79 Å². The van der Waals surface area contributed by atoms with Gasteiger partial charge in [-0.3, -0.25) is 4.79 Å². The van der Waals surface area contributed by atoms with Gasteiger partial charge in [-0.25, -0.2) is 0 Å². The maximum atomic E-state index is 11.9. The molecule has 1 amide bonds. The fraction of sp³-hybridized carbons (Fsp3) is 0.917. The molecule has 0 bridgehead atoms. The molecule has 0 spiro atoms. The molecule has 0 aliphatic carbocycles. The molecule has 1 unspecified atom stereocenters. The molecule has 4 heteroatoms. The molecule has 1 N–H and O–H groups in total. The SMILES string of the molecule is CNC1CCN(C(=O)CCN2CCCC2)C1. The molecule has 2 rings (SSSR count). The van der Waals surface area contributed by atoms with E-state index >= 15 is 0 Å². The van der Waals surface area contributed by atoms with Crippen molar-refractivity contribution in [2.75, 3.05) is 39.8 Å². The Kier molecular flexibility index (Phi) is 4.18. The normalized spacial score (nSPS) is 26.6. The first kappa shape index (κ1) is 11.9. The Morgan fingerprint density at radius 3 is 2.69 bits per heavy atom. The number of likely N-dealkylation sites (tertiary alicyclic amines) is 2. The Balaban J connectivity index is 1.67. The topological polar surface area (TPSA) is 35.6 Å². The van der Waals surface area contributed by atoms with Crippen LogP contribution < -0.4 is 5.32 Å². The summed E-state index contributed by atoms with van der Waals surface area (Å²) in [6, 6.07) is 0.510. The van der Waals surface area contributed by atoms with E-state index < -0.39 is 0 Å². The fourth-order valence-electron chi connectivity index (χ4n) is 2.64. The van der Waals surface area contributed by atoms with E-state index in [1.54, 1.807) is 0 Å². The second-order valence-corrected chi connectivity index (χ2v) is 4.91. The molecule has 0 aromatic carbocycles. The van der Waals surface area contributed by atoms with Crippen LogP contribution in [0.5, 0.6) is 0 Å². The minimum absolute atomic E-state index is 0.338. The number of nitrogens with zero attached hydrogens (tertiary/aromatic N) is 2. The summed E-state index contributed by atoms with van der Waals surface area (Å²) in [5.41, 5.74) is 0. The van der Waals surface area contributed by atoms with Gasteiger partial charge in [0.1, 0.15) is 0 Å². The maximum Gasteiger partial charge on any atom is 0.223 e. The number of likely N-dealkylation sites (N-methyl/N-ethyl adjacent to an activating group) is 1. The molecule has 2 fully saturated rings. The third-order valence-corrected chi connectivity index (χ3v) is 3.79. The summed E-state index contributed by atoms with van der Waals surface area (Å²) in [6.45, 7) is 5.16. The van der Waals surface area contributed by atoms with Crippen molar-refractivity contribution < 1.29 is 4.79 Å². The van der Waals surface area contributed by atoms with Crippen LogP contribution in [0.4, 0.5) is 0 Å². The van der Waals surface area contributed by atoms with Gasteiger partial charge in [0.2, 0.25) is 5.91 Å². The van der Waals surface area contributed by atoms with Gasteiger partial charge < -0.3 is 15.1 Å². The minimum atomic E-state index is 0.338. The smallest absolute Gasteiger partial charge is 0.223 e. The average Bonchev–Trinajstić information content (AvgIpc) is 2.96. The lowest BCUT2D eigenvalue weighted by Crippen LogP contribution is -2.35. The van der Waals surface area contributed by atoms with Crippen molar-refractivity contribution in [3.8, 4) is 0 Å². The van der Waals surface area contributed by atoms with Crippen LogP contribution in [0.15, 0.2) is 0 Å². The highest BCUT2D eigenvalue weighted by atomic mass is 16.2. The molecule has 0 aromatic rings. The number of carbonyl (C=O) groups excluding carboxylic acids is 1. The van der Waals surface area contributed by atoms with E-state index in [0.29, 0.717) is 18.4 Å². The molecule has 4 nitrogen and oxygen atoms in total. The van der Waals surface area contributed by atoms with Crippen molar-refractivity contribution in [1.82, 2.24) is 15.1 Å². The Labute approximate surface area is 98.0 Å². The van der Waals surface area contributed by atoms with Gasteiger partial charge in [-0.15, -0.1) is 0 Å². The van der Waals surface area contributed by atoms with Gasteiger partial charge in [-0.05, 0) is 39.4 Å². The zero-order valence-corrected chi connectivity index (χ0v) is 10.2. The molecule has 2 aliphatic rings. The third kappa shape index (κ3) is 2.95. The van der Waals surface area contributed by atoms with E-state index in [2.05, 4.69) is 10.2 Å². The van der Waals surface area contributed by atoms with Gasteiger partial charge >= 0.3 is 0 Å². The highest BCUT2D eigenvalue weighted by Gasteiger charge is 2.25. The Morgan fingerprint density at radius 2 is 2.06 bits per heavy atom. The second kappa shape index (κ2) is 5.64. The monoisotopic (exact) mass is 225 g/mol. The van der Waals surface area contributed by atoms with Crippen molar-refractivity contribution in [3.63, 3.8) is 0 Å². The van der Waals surface area contributed by atoms with Crippen molar-refractivity contribution in [1.29, 1.82) is 0 Å². The maximum absolute atomic E-state index is 11.9. The van der Waals surface area contributed by atoms with E-state index in [-0.39, 0.29) is 0 Å². The fourth-order valence-corrected chi connectivity index (χ4v) is 2.64. The number of hydrogen-bond donors (Lipinski definition) is 1. The quantitative estimate of drug-likeness (QED) is 0.747. The zero-order chi connectivity index (χ0) is 11.4. The van der Waals surface area contributed by atoms with Gasteiger partial charge in [-0.2, -0.15) is 0 Å². The lowest BCUT2D eigenvalue weighted by atomic mass is 10.3. The standard InChI is InChI=1S/C12H23N3O/c1-13-11-4-9-15(10-11)12(16)5-8-14-6-2-3-7-14/h11,13H,2-10H2,1H3. The minimum Gasteiger partial charge on any atom is -0.341 e. The summed E-state index contributed by atoms with van der Waals surface area (Å²) >= 11 is 0. The molecule has 0 radical (unpaired) electrons. The van der Waals surface area contributed by atoms with E-state index in [1.165, 1.54) is 25.9 Å². The van der Waals surface area contributed by atoms with E-state index in [1.807, 2.05) is 11.9 Å². The molecule has 0 saturated carbocycles. The second-order valence-electron chi connectivity index (χ2n) is 4.91. The summed E-state index contributed by atoms with van der Waals surface area (Å²) in [4.78, 5) is 16.4. The van der Waals surface area contributed by atoms with Crippen molar-refractivity contribution >= 4 is 5.91 Å². The highest BCUT2D eigenvalue weighted by Crippen LogP contribution is 2.12. The molecular formula is C12H23N3O. The van der Waals surface area contributed by atoms with Crippen molar-refractivity contribution in [2.24, 2.45) is 0 Å². The first-order chi connectivity index (χ1) is 7.79. The summed E-state index contributed by atoms with van der Waals surface area (Å²) in [6.07, 6.45) is 4.42. The largest absolute Gasteiger partial charge is 0.341 e. The molecule has 2 aliphatic heterocycles. The first-order valence-electron chi connectivity index (χ1n) is 6.47. The predicted molar refractivity (Wildman–Crippen MR) is 64.3 cm³/mol. The third-order valence-electron chi connectivity index (χ3n) is 3.79. The van der Waals surface area contributed by atoms with Gasteiger partial charge in [0, 0.05) is 32.1 Å². The van der Waals surface area contributed by atoms with Crippen molar-refractivity contribution in [3.05, 3.63) is 0 Å². The number of carbonyl (C=O) groups is 1. The Morgan fingerprint density at radius 1 is 1.31 bits per heavy atom. The Hall–Kier alpha value is -0.610. The van der Waals surface area contributed by atoms with Crippen LogP contribution in [0, 0.1) is 0 Å².